The molecule has 0 radical (unpaired) electrons. The summed E-state index contributed by atoms with van der Waals surface area (Å²) < 4.78 is 5.58. The lowest BCUT2D eigenvalue weighted by molar-refractivity contribution is -0.150. The number of carbonyl (C=O) groups is 3. The molecule has 0 aromatic heterocycles. The second-order valence-electron chi connectivity index (χ2n) is 8.33. The molecule has 2 unspecified atom stereocenters. The number of amides is 3. The van der Waals surface area contributed by atoms with E-state index in [1.54, 1.807) is 0 Å². The van der Waals surface area contributed by atoms with E-state index in [2.05, 4.69) is 10.6 Å². The van der Waals surface area contributed by atoms with Crippen LogP contribution in [-0.2, 0) is 20.9 Å². The van der Waals surface area contributed by atoms with Crippen molar-refractivity contribution in [2.45, 2.75) is 82.8 Å². The van der Waals surface area contributed by atoms with E-state index in [0.717, 1.165) is 63.4 Å². The van der Waals surface area contributed by atoms with Crippen LogP contribution in [0.4, 0.5) is 4.79 Å². The molecule has 1 aromatic rings. The Hall–Kier alpha value is -2.37. The number of esters is 1. The van der Waals surface area contributed by atoms with Crippen LogP contribution in [0.2, 0.25) is 0 Å². The van der Waals surface area contributed by atoms with Crippen LogP contribution >= 0.6 is 0 Å². The summed E-state index contributed by atoms with van der Waals surface area (Å²) >= 11 is 0. The maximum atomic E-state index is 12.6. The minimum Gasteiger partial charge on any atom is -0.461 e. The zero-order chi connectivity index (χ0) is 20.5. The van der Waals surface area contributed by atoms with Gasteiger partial charge in [-0.3, -0.25) is 14.9 Å². The van der Waals surface area contributed by atoms with Crippen LogP contribution < -0.4 is 10.6 Å². The van der Waals surface area contributed by atoms with E-state index in [-0.39, 0.29) is 23.8 Å². The molecule has 2 N–H and O–H groups in total. The lowest BCUT2D eigenvalue weighted by Crippen LogP contribution is -2.46. The standard InChI is InChI=1S/C23H32N2O4/c26-20(29-17-18-11-5-3-6-12-18)19-13-7-1-2-9-15-23(16-10-4-8-14-19)21(27)24-22(28)25-23/h3,5-6,11-12,19H,1-2,4,7-10,13-17H2,(H2,24,25,27,28). The Kier molecular flexibility index (Phi) is 7.67. The summed E-state index contributed by atoms with van der Waals surface area (Å²) in [7, 11) is 0. The molecule has 1 saturated heterocycles. The van der Waals surface area contributed by atoms with Gasteiger partial charge in [-0.05, 0) is 31.2 Å². The van der Waals surface area contributed by atoms with Gasteiger partial charge in [-0.1, -0.05) is 75.3 Å². The average Bonchev–Trinajstić information content (AvgIpc) is 3.01. The molecule has 6 heteroatoms. The van der Waals surface area contributed by atoms with Crippen LogP contribution in [0, 0.1) is 5.92 Å². The molecule has 1 spiro atoms. The zero-order valence-electron chi connectivity index (χ0n) is 17.1. The first-order valence-corrected chi connectivity index (χ1v) is 10.9. The van der Waals surface area contributed by atoms with Gasteiger partial charge in [0, 0.05) is 0 Å². The minimum absolute atomic E-state index is 0.0529. The third kappa shape index (κ3) is 6.05. The summed E-state index contributed by atoms with van der Waals surface area (Å²) in [6.45, 7) is 0.327. The van der Waals surface area contributed by atoms with Crippen molar-refractivity contribution in [3.63, 3.8) is 0 Å². The molecule has 158 valence electrons. The van der Waals surface area contributed by atoms with Crippen molar-refractivity contribution in [2.24, 2.45) is 5.92 Å². The monoisotopic (exact) mass is 400 g/mol. The SMILES string of the molecule is O=C1NC(=O)C2(CCCCCCC(C(=O)OCc3ccccc3)CCCCC2)N1. The van der Waals surface area contributed by atoms with Gasteiger partial charge in [0.05, 0.1) is 5.92 Å². The van der Waals surface area contributed by atoms with Crippen molar-refractivity contribution in [3.05, 3.63) is 35.9 Å². The molecule has 2 aliphatic rings. The molecule has 6 nitrogen and oxygen atoms in total. The third-order valence-corrected chi connectivity index (χ3v) is 6.13. The van der Waals surface area contributed by atoms with Crippen molar-refractivity contribution >= 4 is 17.9 Å². The van der Waals surface area contributed by atoms with Gasteiger partial charge < -0.3 is 10.1 Å². The van der Waals surface area contributed by atoms with Gasteiger partial charge in [0.2, 0.25) is 0 Å². The van der Waals surface area contributed by atoms with Crippen molar-refractivity contribution < 1.29 is 19.1 Å². The first-order valence-electron chi connectivity index (χ1n) is 10.9. The maximum Gasteiger partial charge on any atom is 0.322 e. The van der Waals surface area contributed by atoms with E-state index >= 15 is 0 Å². The predicted molar refractivity (Wildman–Crippen MR) is 110 cm³/mol. The highest BCUT2D eigenvalue weighted by atomic mass is 16.5. The molecule has 1 heterocycles. The van der Waals surface area contributed by atoms with E-state index < -0.39 is 5.54 Å². The van der Waals surface area contributed by atoms with Gasteiger partial charge in [0.15, 0.2) is 0 Å². The Morgan fingerprint density at radius 2 is 1.55 bits per heavy atom. The number of benzene rings is 1. The van der Waals surface area contributed by atoms with Gasteiger partial charge in [-0.25, -0.2) is 4.79 Å². The number of ether oxygens (including phenoxy) is 1. The van der Waals surface area contributed by atoms with Crippen molar-refractivity contribution in [2.75, 3.05) is 0 Å². The summed E-state index contributed by atoms with van der Waals surface area (Å²) in [4.78, 5) is 36.6. The lowest BCUT2D eigenvalue weighted by atomic mass is 9.86. The second-order valence-corrected chi connectivity index (χ2v) is 8.33. The third-order valence-electron chi connectivity index (χ3n) is 6.13. The average molecular weight is 401 g/mol. The second kappa shape index (κ2) is 10.4. The number of imide groups is 1. The molecule has 1 saturated carbocycles. The van der Waals surface area contributed by atoms with Crippen molar-refractivity contribution in [1.29, 1.82) is 0 Å². The van der Waals surface area contributed by atoms with Crippen molar-refractivity contribution in [1.82, 2.24) is 10.6 Å². The Morgan fingerprint density at radius 3 is 2.17 bits per heavy atom. The van der Waals surface area contributed by atoms with Crippen LogP contribution in [0.5, 0.6) is 0 Å². The van der Waals surface area contributed by atoms with Crippen LogP contribution in [-0.4, -0.2) is 23.4 Å². The van der Waals surface area contributed by atoms with Gasteiger partial charge in [-0.15, -0.1) is 0 Å². The Bertz CT molecular complexity index is 706. The molecule has 1 aromatic carbocycles. The largest absolute Gasteiger partial charge is 0.461 e. The molecule has 2 fully saturated rings. The van der Waals surface area contributed by atoms with Crippen LogP contribution in [0.3, 0.4) is 0 Å². The highest BCUT2D eigenvalue weighted by Crippen LogP contribution is 2.28. The number of nitrogens with one attached hydrogen (secondary N) is 2. The molecular formula is C23H32N2O4. The Balaban J connectivity index is 1.52. The highest BCUT2D eigenvalue weighted by molar-refractivity contribution is 6.06. The summed E-state index contributed by atoms with van der Waals surface area (Å²) in [5, 5.41) is 5.27. The minimum atomic E-state index is -0.737. The fourth-order valence-electron chi connectivity index (χ4n) is 4.40. The van der Waals surface area contributed by atoms with Crippen LogP contribution in [0.15, 0.2) is 30.3 Å². The Labute approximate surface area is 172 Å². The molecule has 0 bridgehead atoms. The van der Waals surface area contributed by atoms with E-state index in [1.165, 1.54) is 0 Å². The molecular weight excluding hydrogens is 368 g/mol. The number of hydrogen-bond donors (Lipinski definition) is 2. The summed E-state index contributed by atoms with van der Waals surface area (Å²) in [6, 6.07) is 9.40. The predicted octanol–water partition coefficient (Wildman–Crippen LogP) is 4.23. The van der Waals surface area contributed by atoms with Gasteiger partial charge in [0.1, 0.15) is 12.1 Å². The summed E-state index contributed by atoms with van der Waals surface area (Å²) in [5.74, 6) is -0.328. The quantitative estimate of drug-likeness (QED) is 0.587. The van der Waals surface area contributed by atoms with Gasteiger partial charge in [0.25, 0.3) is 5.91 Å². The number of carbonyl (C=O) groups excluding carboxylic acids is 3. The first-order chi connectivity index (χ1) is 14.1. The van der Waals surface area contributed by atoms with E-state index in [0.29, 0.717) is 19.4 Å². The van der Waals surface area contributed by atoms with Crippen molar-refractivity contribution in [3.8, 4) is 0 Å². The smallest absolute Gasteiger partial charge is 0.322 e. The lowest BCUT2D eigenvalue weighted by Gasteiger charge is -2.26. The maximum absolute atomic E-state index is 12.6. The van der Waals surface area contributed by atoms with Gasteiger partial charge in [-0.2, -0.15) is 0 Å². The first kappa shape index (κ1) is 21.3. The number of urea groups is 1. The zero-order valence-corrected chi connectivity index (χ0v) is 17.1. The van der Waals surface area contributed by atoms with E-state index in [1.807, 2.05) is 30.3 Å². The number of rotatable bonds is 3. The fourth-order valence-corrected chi connectivity index (χ4v) is 4.40. The molecule has 3 rings (SSSR count). The highest BCUT2D eigenvalue weighted by Gasteiger charge is 2.44. The molecule has 1 aliphatic heterocycles. The molecule has 1 aliphatic carbocycles. The van der Waals surface area contributed by atoms with Crippen LogP contribution in [0.1, 0.15) is 76.2 Å². The van der Waals surface area contributed by atoms with Gasteiger partial charge >= 0.3 is 12.0 Å². The fraction of sp³-hybridized carbons (Fsp3) is 0.609. The topological polar surface area (TPSA) is 84.5 Å². The van der Waals surface area contributed by atoms with Crippen LogP contribution in [0.25, 0.3) is 0 Å². The number of hydrogen-bond acceptors (Lipinski definition) is 4. The normalized spacial score (nSPS) is 26.6. The van der Waals surface area contributed by atoms with E-state index in [9.17, 15) is 14.4 Å². The summed E-state index contributed by atoms with van der Waals surface area (Å²) in [6.07, 6.45) is 9.65. The molecule has 2 atom stereocenters. The molecule has 29 heavy (non-hydrogen) atoms. The van der Waals surface area contributed by atoms with E-state index in [4.69, 9.17) is 4.74 Å². The Morgan fingerprint density at radius 1 is 0.931 bits per heavy atom. The summed E-state index contributed by atoms with van der Waals surface area (Å²) in [5.41, 5.74) is 0.270. The molecule has 3 amide bonds.